The van der Waals surface area contributed by atoms with E-state index in [2.05, 4.69) is 13.8 Å². The van der Waals surface area contributed by atoms with Gasteiger partial charge >= 0.3 is 0 Å². The van der Waals surface area contributed by atoms with E-state index in [-0.39, 0.29) is 44.3 Å². The third-order valence-electron chi connectivity index (χ3n) is 5.32. The van der Waals surface area contributed by atoms with E-state index >= 15 is 0 Å². The Morgan fingerprint density at radius 3 is 2.22 bits per heavy atom. The van der Waals surface area contributed by atoms with Gasteiger partial charge in [-0.3, -0.25) is 4.31 Å². The second-order valence-corrected chi connectivity index (χ2v) is 9.41. The minimum absolute atomic E-state index is 0. The molecule has 5 nitrogen and oxygen atoms in total. The van der Waals surface area contributed by atoms with Crippen molar-refractivity contribution in [2.45, 2.75) is 56.8 Å². The van der Waals surface area contributed by atoms with E-state index in [1.54, 1.807) is 30.3 Å². The number of hydrogen-bond donors (Lipinski definition) is 1. The molecule has 1 aromatic heterocycles. The maximum Gasteiger partial charge on any atom is 0.298 e. The monoisotopic (exact) mass is 529 g/mol. The van der Waals surface area contributed by atoms with Gasteiger partial charge in [0.25, 0.3) is 10.0 Å². The summed E-state index contributed by atoms with van der Waals surface area (Å²) in [7, 11) is -3.88. The molecule has 0 spiro atoms. The molecule has 0 amide bonds. The zero-order valence-corrected chi connectivity index (χ0v) is 22.1. The van der Waals surface area contributed by atoms with Gasteiger partial charge in [-0.1, -0.05) is 68.1 Å². The molecule has 32 heavy (non-hydrogen) atoms. The Balaban J connectivity index is 0.00000363. The van der Waals surface area contributed by atoms with Crippen molar-refractivity contribution >= 4 is 15.7 Å². The summed E-state index contributed by atoms with van der Waals surface area (Å²) in [5.41, 5.74) is 3.25. The maximum absolute atomic E-state index is 13.3. The van der Waals surface area contributed by atoms with Crippen molar-refractivity contribution in [3.05, 3.63) is 90.5 Å². The first-order valence-electron chi connectivity index (χ1n) is 10.7. The first kappa shape index (κ1) is 26.8. The van der Waals surface area contributed by atoms with E-state index < -0.39 is 16.1 Å². The topological polar surface area (TPSA) is 70.8 Å². The molecule has 3 aromatic rings. The maximum atomic E-state index is 13.3. The zero-order chi connectivity index (χ0) is 22.3. The van der Waals surface area contributed by atoms with Crippen molar-refractivity contribution in [2.24, 2.45) is 0 Å². The molecule has 0 aliphatic carbocycles. The number of anilines is 1. The molecule has 0 fully saturated rings. The standard InChI is InChI=1S/C25H30NO4S.Y/c1-3-5-6-8-24(27)22-14-16-23(17-15-22)26(31(28,29)25-9-7-18-30-25)19-21-12-10-20(4-2)11-13-21;/h7,9-18,24,27H,2-6,8,19H2,1H3;/q-1;. The summed E-state index contributed by atoms with van der Waals surface area (Å²) in [5.74, 6) is 0. The van der Waals surface area contributed by atoms with Crippen molar-refractivity contribution in [1.29, 1.82) is 0 Å². The molecule has 1 N–H and O–H groups in total. The van der Waals surface area contributed by atoms with Crippen LogP contribution in [0.15, 0.2) is 76.4 Å². The summed E-state index contributed by atoms with van der Waals surface area (Å²) in [6, 6.07) is 17.8. The molecule has 1 radical (unpaired) electrons. The summed E-state index contributed by atoms with van der Waals surface area (Å²) in [4.78, 5) is 0. The first-order chi connectivity index (χ1) is 15.0. The molecule has 2 aromatic carbocycles. The minimum Gasteiger partial charge on any atom is -0.451 e. The SMILES string of the molecule is [CH2-]Cc1ccc(CN(c2ccc(C(O)CCCCC)cc2)S(=O)(=O)c2ccco2)cc1.[Y]. The third kappa shape index (κ3) is 6.77. The molecule has 0 saturated carbocycles. The van der Waals surface area contributed by atoms with E-state index in [1.165, 1.54) is 16.6 Å². The molecule has 0 aliphatic heterocycles. The van der Waals surface area contributed by atoms with Gasteiger partial charge in [-0.2, -0.15) is 14.8 Å². The predicted octanol–water partition coefficient (Wildman–Crippen LogP) is 5.66. The molecule has 169 valence electrons. The molecule has 7 heteroatoms. The Kier molecular flexibility index (Phi) is 10.6. The number of rotatable bonds is 11. The first-order valence-corrected chi connectivity index (χ1v) is 12.1. The number of furan rings is 1. The van der Waals surface area contributed by atoms with Crippen LogP contribution in [0.5, 0.6) is 0 Å². The van der Waals surface area contributed by atoms with E-state index in [9.17, 15) is 13.5 Å². The number of unbranched alkanes of at least 4 members (excludes halogenated alkanes) is 2. The fraction of sp³-hybridized carbons (Fsp3) is 0.320. The van der Waals surface area contributed by atoms with Crippen LogP contribution in [0.1, 0.15) is 55.4 Å². The summed E-state index contributed by atoms with van der Waals surface area (Å²) < 4.78 is 33.1. The van der Waals surface area contributed by atoms with Crippen LogP contribution in [0.2, 0.25) is 0 Å². The van der Waals surface area contributed by atoms with Crippen molar-refractivity contribution in [2.75, 3.05) is 4.31 Å². The molecule has 0 aliphatic rings. The van der Waals surface area contributed by atoms with Crippen LogP contribution in [-0.2, 0) is 55.7 Å². The van der Waals surface area contributed by atoms with Crippen LogP contribution < -0.4 is 4.31 Å². The van der Waals surface area contributed by atoms with Crippen molar-refractivity contribution < 1.29 is 50.7 Å². The second kappa shape index (κ2) is 12.7. The van der Waals surface area contributed by atoms with Crippen LogP contribution in [0.4, 0.5) is 5.69 Å². The number of benzene rings is 2. The van der Waals surface area contributed by atoms with Gasteiger partial charge in [-0.05, 0) is 41.8 Å². The summed E-state index contributed by atoms with van der Waals surface area (Å²) in [6.45, 7) is 6.17. The Hall–Kier alpha value is -1.47. The van der Waals surface area contributed by atoms with Crippen molar-refractivity contribution in [3.63, 3.8) is 0 Å². The van der Waals surface area contributed by atoms with Gasteiger partial charge in [0.1, 0.15) is 0 Å². The van der Waals surface area contributed by atoms with Crippen LogP contribution in [0.3, 0.4) is 0 Å². The smallest absolute Gasteiger partial charge is 0.298 e. The molecule has 0 bridgehead atoms. The van der Waals surface area contributed by atoms with Crippen LogP contribution in [-0.4, -0.2) is 13.5 Å². The molecule has 1 heterocycles. The van der Waals surface area contributed by atoms with Crippen LogP contribution in [0, 0.1) is 6.92 Å². The minimum atomic E-state index is -3.88. The van der Waals surface area contributed by atoms with Gasteiger partial charge in [0.05, 0.1) is 24.6 Å². The van der Waals surface area contributed by atoms with Gasteiger partial charge in [-0.25, -0.2) is 0 Å². The Labute approximate surface area is 216 Å². The average Bonchev–Trinajstić information content (AvgIpc) is 3.34. The summed E-state index contributed by atoms with van der Waals surface area (Å²) >= 11 is 0. The number of nitrogens with zero attached hydrogens (tertiary/aromatic N) is 1. The van der Waals surface area contributed by atoms with E-state index in [0.717, 1.165) is 36.0 Å². The number of aliphatic hydroxyl groups excluding tert-OH is 1. The third-order valence-corrected chi connectivity index (χ3v) is 6.99. The molecule has 1 atom stereocenters. The Bertz CT molecular complexity index is 1030. The Morgan fingerprint density at radius 1 is 1.00 bits per heavy atom. The Morgan fingerprint density at radius 2 is 1.66 bits per heavy atom. The quantitative estimate of drug-likeness (QED) is 0.257. The largest absolute Gasteiger partial charge is 0.451 e. The fourth-order valence-corrected chi connectivity index (χ4v) is 4.79. The average molecular weight is 529 g/mol. The summed E-state index contributed by atoms with van der Waals surface area (Å²) in [5, 5.41) is 10.3. The van der Waals surface area contributed by atoms with Gasteiger partial charge < -0.3 is 16.4 Å². The predicted molar refractivity (Wildman–Crippen MR) is 123 cm³/mol. The summed E-state index contributed by atoms with van der Waals surface area (Å²) in [6.07, 6.45) is 5.31. The molecule has 0 saturated heterocycles. The number of sulfonamides is 1. The zero-order valence-electron chi connectivity index (χ0n) is 18.5. The molecule has 1 unspecified atom stereocenters. The van der Waals surface area contributed by atoms with Gasteiger partial charge in [0.15, 0.2) is 0 Å². The van der Waals surface area contributed by atoms with Crippen molar-refractivity contribution in [3.8, 4) is 0 Å². The van der Waals surface area contributed by atoms with Crippen molar-refractivity contribution in [1.82, 2.24) is 0 Å². The fourth-order valence-electron chi connectivity index (χ4n) is 3.43. The van der Waals surface area contributed by atoms with Gasteiger partial charge in [-0.15, -0.1) is 0 Å². The number of hydrogen-bond acceptors (Lipinski definition) is 4. The molecule has 3 rings (SSSR count). The van der Waals surface area contributed by atoms with Gasteiger partial charge in [0.2, 0.25) is 5.09 Å². The van der Waals surface area contributed by atoms with E-state index in [4.69, 9.17) is 4.42 Å². The second-order valence-electron chi connectivity index (χ2n) is 7.61. The van der Waals surface area contributed by atoms with Crippen LogP contribution in [0.25, 0.3) is 0 Å². The van der Waals surface area contributed by atoms with E-state index in [1.807, 2.05) is 24.3 Å². The normalized spacial score (nSPS) is 12.2. The molecular weight excluding hydrogens is 499 g/mol. The van der Waals surface area contributed by atoms with Gasteiger partial charge in [0, 0.05) is 32.7 Å². The number of aliphatic hydroxyl groups is 1. The molecular formula is C25H30NO4SY-. The van der Waals surface area contributed by atoms with Crippen LogP contribution >= 0.6 is 0 Å². The van der Waals surface area contributed by atoms with E-state index in [0.29, 0.717) is 18.5 Å².